The molecular formula is C46H60N2O4. The number of unbranched alkanes of at least 4 members (excludes halogenated alkanes) is 12. The van der Waals surface area contributed by atoms with Gasteiger partial charge in [-0.2, -0.15) is 0 Å². The first-order chi connectivity index (χ1) is 25.6. The van der Waals surface area contributed by atoms with Gasteiger partial charge in [0.25, 0.3) is 0 Å². The van der Waals surface area contributed by atoms with Crippen molar-refractivity contribution in [3.63, 3.8) is 0 Å². The molecule has 4 rings (SSSR count). The highest BCUT2D eigenvalue weighted by atomic mass is 16.5. The Morgan fingerprint density at radius 2 is 0.865 bits per heavy atom. The lowest BCUT2D eigenvalue weighted by Crippen LogP contribution is -1.98. The maximum Gasteiger partial charge on any atom is 0.129 e. The molecule has 2 aromatic carbocycles. The lowest BCUT2D eigenvalue weighted by atomic mass is 10.1. The Labute approximate surface area is 313 Å². The Morgan fingerprint density at radius 3 is 1.27 bits per heavy atom. The Bertz CT molecular complexity index is 1540. The molecule has 2 aromatic heterocycles. The summed E-state index contributed by atoms with van der Waals surface area (Å²) >= 11 is 0. The van der Waals surface area contributed by atoms with E-state index in [-0.39, 0.29) is 0 Å². The number of hydrogen-bond donors (Lipinski definition) is 0. The van der Waals surface area contributed by atoms with Crippen molar-refractivity contribution in [2.24, 2.45) is 0 Å². The largest absolute Gasteiger partial charge is 0.496 e. The van der Waals surface area contributed by atoms with Crippen LogP contribution in [0.5, 0.6) is 23.0 Å². The molecule has 0 aliphatic rings. The van der Waals surface area contributed by atoms with Crippen molar-refractivity contribution in [3.8, 4) is 34.4 Å². The molecule has 2 heterocycles. The molecule has 0 N–H and O–H groups in total. The fourth-order valence-electron chi connectivity index (χ4n) is 6.09. The number of methoxy groups -OCH3 is 2. The summed E-state index contributed by atoms with van der Waals surface area (Å²) in [6.45, 7) is 5.97. The average molecular weight is 705 g/mol. The number of rotatable bonds is 25. The Balaban J connectivity index is 1.32. The minimum atomic E-state index is 0.729. The summed E-state index contributed by atoms with van der Waals surface area (Å²) in [5.74, 6) is 3.24. The van der Waals surface area contributed by atoms with Crippen LogP contribution >= 0.6 is 0 Å². The molecule has 278 valence electrons. The van der Waals surface area contributed by atoms with Crippen molar-refractivity contribution in [2.75, 3.05) is 27.4 Å². The number of hydrogen-bond acceptors (Lipinski definition) is 6. The van der Waals surface area contributed by atoms with E-state index in [4.69, 9.17) is 18.9 Å². The molecule has 0 fully saturated rings. The zero-order valence-corrected chi connectivity index (χ0v) is 32.1. The minimum absolute atomic E-state index is 0.729. The second kappa shape index (κ2) is 23.8. The van der Waals surface area contributed by atoms with Crippen molar-refractivity contribution in [1.82, 2.24) is 9.97 Å². The van der Waals surface area contributed by atoms with Crippen molar-refractivity contribution in [3.05, 3.63) is 95.3 Å². The van der Waals surface area contributed by atoms with Gasteiger partial charge in [0.15, 0.2) is 0 Å². The van der Waals surface area contributed by atoms with Crippen LogP contribution in [0.25, 0.3) is 35.7 Å². The summed E-state index contributed by atoms with van der Waals surface area (Å²) in [6, 6.07) is 20.1. The third kappa shape index (κ3) is 14.2. The zero-order chi connectivity index (χ0) is 36.6. The van der Waals surface area contributed by atoms with Crippen LogP contribution in [0.1, 0.15) is 126 Å². The summed E-state index contributed by atoms with van der Waals surface area (Å²) in [4.78, 5) is 9.25. The fraction of sp³-hybridized carbons (Fsp3) is 0.435. The van der Waals surface area contributed by atoms with E-state index in [1.54, 1.807) is 14.2 Å². The monoisotopic (exact) mass is 704 g/mol. The van der Waals surface area contributed by atoms with Crippen LogP contribution in [0.2, 0.25) is 0 Å². The van der Waals surface area contributed by atoms with Crippen molar-refractivity contribution in [1.29, 1.82) is 0 Å². The molecule has 0 aliphatic heterocycles. The molecule has 0 radical (unpaired) electrons. The second-order valence-electron chi connectivity index (χ2n) is 13.4. The SMILES string of the molecule is CCCCCCCCCOc1ccc(/C=C/c2ccnc(-c3cc(/C=C/c4ccc(OCCCCCCCCC)cc4OC)ccn3)c2)c(OC)c1. The summed E-state index contributed by atoms with van der Waals surface area (Å²) < 4.78 is 23.4. The number of benzene rings is 2. The van der Waals surface area contributed by atoms with Gasteiger partial charge in [-0.3, -0.25) is 9.97 Å². The van der Waals surface area contributed by atoms with Gasteiger partial charge < -0.3 is 18.9 Å². The molecule has 0 saturated heterocycles. The Hall–Kier alpha value is -4.58. The second-order valence-corrected chi connectivity index (χ2v) is 13.4. The van der Waals surface area contributed by atoms with Gasteiger partial charge in [0.05, 0.1) is 38.8 Å². The summed E-state index contributed by atoms with van der Waals surface area (Å²) in [5, 5.41) is 0. The maximum atomic E-state index is 6.02. The zero-order valence-electron chi connectivity index (χ0n) is 32.1. The van der Waals surface area contributed by atoms with E-state index in [2.05, 4.69) is 48.1 Å². The average Bonchev–Trinajstić information content (AvgIpc) is 3.18. The predicted molar refractivity (Wildman–Crippen MR) is 218 cm³/mol. The van der Waals surface area contributed by atoms with Gasteiger partial charge in [-0.05, 0) is 72.5 Å². The Kier molecular flexibility index (Phi) is 18.4. The quantitative estimate of drug-likeness (QED) is 0.0640. The van der Waals surface area contributed by atoms with Gasteiger partial charge in [0.1, 0.15) is 23.0 Å². The van der Waals surface area contributed by atoms with E-state index in [0.717, 1.165) is 82.7 Å². The van der Waals surface area contributed by atoms with E-state index >= 15 is 0 Å². The topological polar surface area (TPSA) is 62.7 Å². The van der Waals surface area contributed by atoms with Crippen LogP contribution in [0.4, 0.5) is 0 Å². The number of aromatic nitrogens is 2. The summed E-state index contributed by atoms with van der Waals surface area (Å²) in [7, 11) is 3.39. The lowest BCUT2D eigenvalue weighted by Gasteiger charge is -2.10. The van der Waals surface area contributed by atoms with Crippen LogP contribution < -0.4 is 18.9 Å². The summed E-state index contributed by atoms with van der Waals surface area (Å²) in [6.07, 6.45) is 29.6. The third-order valence-electron chi connectivity index (χ3n) is 9.18. The van der Waals surface area contributed by atoms with E-state index in [9.17, 15) is 0 Å². The highest BCUT2D eigenvalue weighted by Gasteiger charge is 2.07. The minimum Gasteiger partial charge on any atom is -0.496 e. The van der Waals surface area contributed by atoms with Gasteiger partial charge in [-0.1, -0.05) is 115 Å². The first-order valence-corrected chi connectivity index (χ1v) is 19.5. The van der Waals surface area contributed by atoms with E-state index in [1.807, 2.05) is 73.1 Å². The van der Waals surface area contributed by atoms with Crippen LogP contribution in [-0.4, -0.2) is 37.4 Å². The van der Waals surface area contributed by atoms with Crippen LogP contribution in [-0.2, 0) is 0 Å². The summed E-state index contributed by atoms with van der Waals surface area (Å²) in [5.41, 5.74) is 5.62. The molecule has 0 saturated carbocycles. The number of ether oxygens (including phenoxy) is 4. The van der Waals surface area contributed by atoms with Crippen LogP contribution in [0.3, 0.4) is 0 Å². The van der Waals surface area contributed by atoms with Gasteiger partial charge >= 0.3 is 0 Å². The van der Waals surface area contributed by atoms with Gasteiger partial charge in [0.2, 0.25) is 0 Å². The standard InChI is InChI=1S/C46H60N2O4/c1-5-7-9-11-13-15-17-31-51-41-25-23-39(45(35-41)49-3)21-19-37-27-29-47-43(33-37)44-34-38(28-30-48-44)20-22-40-24-26-42(36-46(40)50-4)52-32-18-16-14-12-10-8-6-2/h19-30,33-36H,5-18,31-32H2,1-4H3/b21-19+,22-20+. The smallest absolute Gasteiger partial charge is 0.129 e. The molecule has 0 aliphatic carbocycles. The molecule has 52 heavy (non-hydrogen) atoms. The molecule has 0 unspecified atom stereocenters. The molecule has 0 amide bonds. The first kappa shape index (κ1) is 40.2. The highest BCUT2D eigenvalue weighted by molar-refractivity contribution is 5.76. The molecule has 6 nitrogen and oxygen atoms in total. The normalized spacial score (nSPS) is 11.4. The van der Waals surface area contributed by atoms with E-state index < -0.39 is 0 Å². The Morgan fingerprint density at radius 1 is 0.462 bits per heavy atom. The first-order valence-electron chi connectivity index (χ1n) is 19.5. The lowest BCUT2D eigenvalue weighted by molar-refractivity contribution is 0.302. The van der Waals surface area contributed by atoms with Gasteiger partial charge in [-0.15, -0.1) is 0 Å². The van der Waals surface area contributed by atoms with Crippen molar-refractivity contribution >= 4 is 24.3 Å². The number of pyridine rings is 2. The van der Waals surface area contributed by atoms with Crippen LogP contribution in [0.15, 0.2) is 73.1 Å². The number of nitrogens with zero attached hydrogens (tertiary/aromatic N) is 2. The van der Waals surface area contributed by atoms with Crippen LogP contribution in [0, 0.1) is 0 Å². The maximum absolute atomic E-state index is 6.02. The van der Waals surface area contributed by atoms with Gasteiger partial charge in [-0.25, -0.2) is 0 Å². The highest BCUT2D eigenvalue weighted by Crippen LogP contribution is 2.29. The molecule has 0 spiro atoms. The third-order valence-corrected chi connectivity index (χ3v) is 9.18. The van der Waals surface area contributed by atoms with Gasteiger partial charge in [0, 0.05) is 35.7 Å². The fourth-order valence-corrected chi connectivity index (χ4v) is 6.09. The molecule has 0 bridgehead atoms. The predicted octanol–water partition coefficient (Wildman–Crippen LogP) is 12.8. The molecule has 4 aromatic rings. The van der Waals surface area contributed by atoms with Crippen molar-refractivity contribution in [2.45, 2.75) is 104 Å². The van der Waals surface area contributed by atoms with Crippen molar-refractivity contribution < 1.29 is 18.9 Å². The van der Waals surface area contributed by atoms with E-state index in [0.29, 0.717) is 0 Å². The van der Waals surface area contributed by atoms with E-state index in [1.165, 1.54) is 77.0 Å². The molecule has 6 heteroatoms. The molecule has 0 atom stereocenters. The molecular weight excluding hydrogens is 645 g/mol.